The van der Waals surface area contributed by atoms with Gasteiger partial charge in [0.05, 0.1) is 16.9 Å². The maximum absolute atomic E-state index is 13.0. The van der Waals surface area contributed by atoms with Gasteiger partial charge in [-0.25, -0.2) is 0 Å². The first-order valence-corrected chi connectivity index (χ1v) is 7.56. The number of rotatable bonds is 4. The van der Waals surface area contributed by atoms with E-state index in [4.69, 9.17) is 17.3 Å². The van der Waals surface area contributed by atoms with Crippen LogP contribution in [0, 0.1) is 0 Å². The molecule has 1 amide bonds. The molecule has 0 radical (unpaired) electrons. The molecule has 1 aromatic rings. The summed E-state index contributed by atoms with van der Waals surface area (Å²) in [6, 6.07) is 4.88. The number of alkyl halides is 3. The van der Waals surface area contributed by atoms with Crippen LogP contribution in [-0.4, -0.2) is 32.7 Å². The maximum atomic E-state index is 13.0. The average Bonchev–Trinajstić information content (AvgIpc) is 2.70. The second-order valence-corrected chi connectivity index (χ2v) is 6.24. The summed E-state index contributed by atoms with van der Waals surface area (Å²) in [5.74, 6) is -1.68. The van der Waals surface area contributed by atoms with Crippen molar-refractivity contribution in [2.45, 2.75) is 12.6 Å². The van der Waals surface area contributed by atoms with Gasteiger partial charge >= 0.3 is 12.1 Å². The van der Waals surface area contributed by atoms with E-state index in [1.165, 1.54) is 18.2 Å². The molecule has 23 heavy (non-hydrogen) atoms. The average molecular weight is 361 g/mol. The quantitative estimate of drug-likeness (QED) is 0.658. The van der Waals surface area contributed by atoms with E-state index in [0.717, 1.165) is 28.8 Å². The van der Waals surface area contributed by atoms with E-state index < -0.39 is 23.6 Å². The zero-order chi connectivity index (χ0) is 17.2. The van der Waals surface area contributed by atoms with Crippen LogP contribution in [0.1, 0.15) is 17.5 Å². The molecule has 1 fully saturated rings. The Labute approximate surface area is 139 Å². The fourth-order valence-electron chi connectivity index (χ4n) is 1.92. The third kappa shape index (κ3) is 4.11. The molecule has 1 heterocycles. The Morgan fingerprint density at radius 1 is 1.35 bits per heavy atom. The summed E-state index contributed by atoms with van der Waals surface area (Å²) in [6.07, 6.45) is -3.70. The summed E-state index contributed by atoms with van der Waals surface area (Å²) in [4.78, 5) is 23.9. The number of thiocarbonyl (C=S) groups is 1. The van der Waals surface area contributed by atoms with E-state index in [0.29, 0.717) is 0 Å². The lowest BCUT2D eigenvalue weighted by Gasteiger charge is -2.12. The summed E-state index contributed by atoms with van der Waals surface area (Å²) in [5.41, 5.74) is -0.991. The number of aliphatic carboxylic acids is 1. The first-order valence-electron chi connectivity index (χ1n) is 6.33. The predicted octanol–water partition coefficient (Wildman–Crippen LogP) is 3.38. The van der Waals surface area contributed by atoms with Gasteiger partial charge in [0.15, 0.2) is 0 Å². The first kappa shape index (κ1) is 17.5. The van der Waals surface area contributed by atoms with Crippen LogP contribution in [0.2, 0.25) is 0 Å². The fraction of sp³-hybridized carbons (Fsp3) is 0.214. The largest absolute Gasteiger partial charge is 0.481 e. The summed E-state index contributed by atoms with van der Waals surface area (Å²) in [6.45, 7) is -0.113. The van der Waals surface area contributed by atoms with Crippen LogP contribution in [0.5, 0.6) is 0 Å². The normalized spacial score (nSPS) is 17.2. The van der Waals surface area contributed by atoms with Crippen LogP contribution in [0.3, 0.4) is 0 Å². The number of carbonyl (C=O) groups is 2. The number of carboxylic acids is 1. The summed E-state index contributed by atoms with van der Waals surface area (Å²) < 4.78 is 39.0. The number of hydrogen-bond acceptors (Lipinski definition) is 4. The van der Waals surface area contributed by atoms with E-state index in [-0.39, 0.29) is 27.8 Å². The minimum atomic E-state index is -4.54. The number of halogens is 3. The van der Waals surface area contributed by atoms with Gasteiger partial charge in [-0.1, -0.05) is 42.2 Å². The lowest BCUT2D eigenvalue weighted by Crippen LogP contribution is -2.30. The predicted molar refractivity (Wildman–Crippen MR) is 83.6 cm³/mol. The second-order valence-electron chi connectivity index (χ2n) is 4.56. The molecular weight excluding hydrogens is 351 g/mol. The van der Waals surface area contributed by atoms with Crippen molar-refractivity contribution in [3.63, 3.8) is 0 Å². The Morgan fingerprint density at radius 2 is 2.00 bits per heavy atom. The first-order chi connectivity index (χ1) is 10.7. The van der Waals surface area contributed by atoms with Gasteiger partial charge in [0.1, 0.15) is 4.32 Å². The number of carbonyl (C=O) groups excluding carboxylic acids is 1. The SMILES string of the molecule is O=C(O)CCN1C(=O)/C(=C\c2ccccc2C(F)(F)F)SC1=S. The third-order valence-electron chi connectivity index (χ3n) is 2.98. The van der Waals surface area contributed by atoms with Gasteiger partial charge in [0.2, 0.25) is 0 Å². The molecule has 1 aromatic carbocycles. The highest BCUT2D eigenvalue weighted by molar-refractivity contribution is 8.26. The van der Waals surface area contributed by atoms with Crippen LogP contribution in [0.15, 0.2) is 29.2 Å². The van der Waals surface area contributed by atoms with Gasteiger partial charge in [0, 0.05) is 6.54 Å². The number of hydrogen-bond donors (Lipinski definition) is 1. The summed E-state index contributed by atoms with van der Waals surface area (Å²) in [5, 5.41) is 8.65. The molecule has 1 saturated heterocycles. The van der Waals surface area contributed by atoms with Gasteiger partial charge in [-0.15, -0.1) is 0 Å². The Balaban J connectivity index is 2.30. The van der Waals surface area contributed by atoms with Gasteiger partial charge < -0.3 is 5.11 Å². The summed E-state index contributed by atoms with van der Waals surface area (Å²) >= 11 is 5.84. The van der Waals surface area contributed by atoms with E-state index in [2.05, 4.69) is 0 Å². The number of thioether (sulfide) groups is 1. The molecule has 0 atom stereocenters. The molecule has 1 N–H and O–H groups in total. The Kier molecular flexibility index (Phi) is 5.10. The molecule has 0 bridgehead atoms. The van der Waals surface area contributed by atoms with E-state index in [9.17, 15) is 22.8 Å². The molecule has 0 unspecified atom stereocenters. The molecule has 0 aromatic heterocycles. The molecule has 2 rings (SSSR count). The number of carboxylic acid groups (broad SMARTS) is 1. The summed E-state index contributed by atoms with van der Waals surface area (Å²) in [7, 11) is 0. The highest BCUT2D eigenvalue weighted by atomic mass is 32.2. The minimum Gasteiger partial charge on any atom is -0.481 e. The van der Waals surface area contributed by atoms with Crippen molar-refractivity contribution in [2.75, 3.05) is 6.54 Å². The topological polar surface area (TPSA) is 57.6 Å². The van der Waals surface area contributed by atoms with E-state index in [1.807, 2.05) is 0 Å². The van der Waals surface area contributed by atoms with E-state index in [1.54, 1.807) is 0 Å². The van der Waals surface area contributed by atoms with Crippen molar-refractivity contribution >= 4 is 46.3 Å². The molecule has 0 saturated carbocycles. The Hall–Kier alpha value is -1.87. The smallest absolute Gasteiger partial charge is 0.416 e. The monoisotopic (exact) mass is 361 g/mol. The number of benzene rings is 1. The van der Waals surface area contributed by atoms with Crippen molar-refractivity contribution in [1.29, 1.82) is 0 Å². The number of nitrogens with zero attached hydrogens (tertiary/aromatic N) is 1. The molecule has 0 spiro atoms. The zero-order valence-electron chi connectivity index (χ0n) is 11.5. The standard InChI is InChI=1S/C14H10F3NO3S2/c15-14(16,17)9-4-2-1-3-8(9)7-10-12(21)18(13(22)23-10)6-5-11(19)20/h1-4,7H,5-6H2,(H,19,20)/b10-7+. The molecule has 4 nitrogen and oxygen atoms in total. The molecular formula is C14H10F3NO3S2. The van der Waals surface area contributed by atoms with Crippen molar-refractivity contribution in [1.82, 2.24) is 4.90 Å². The van der Waals surface area contributed by atoms with Crippen molar-refractivity contribution in [2.24, 2.45) is 0 Å². The Morgan fingerprint density at radius 3 is 2.61 bits per heavy atom. The van der Waals surface area contributed by atoms with Crippen LogP contribution in [0.25, 0.3) is 6.08 Å². The highest BCUT2D eigenvalue weighted by Crippen LogP contribution is 2.36. The molecule has 122 valence electrons. The molecule has 1 aliphatic rings. The zero-order valence-corrected chi connectivity index (χ0v) is 13.1. The van der Waals surface area contributed by atoms with Crippen LogP contribution >= 0.6 is 24.0 Å². The lowest BCUT2D eigenvalue weighted by atomic mass is 10.1. The lowest BCUT2D eigenvalue weighted by molar-refractivity contribution is -0.138. The molecule has 9 heteroatoms. The molecule has 0 aliphatic carbocycles. The van der Waals surface area contributed by atoms with Crippen LogP contribution < -0.4 is 0 Å². The third-order valence-corrected chi connectivity index (χ3v) is 4.35. The highest BCUT2D eigenvalue weighted by Gasteiger charge is 2.35. The second kappa shape index (κ2) is 6.71. The van der Waals surface area contributed by atoms with Crippen LogP contribution in [-0.2, 0) is 15.8 Å². The van der Waals surface area contributed by atoms with Crippen molar-refractivity contribution < 1.29 is 27.9 Å². The van der Waals surface area contributed by atoms with Gasteiger partial charge in [-0.2, -0.15) is 13.2 Å². The van der Waals surface area contributed by atoms with Gasteiger partial charge in [0.25, 0.3) is 5.91 Å². The maximum Gasteiger partial charge on any atom is 0.416 e. The molecule has 1 aliphatic heterocycles. The minimum absolute atomic E-state index is 0.0390. The van der Waals surface area contributed by atoms with Gasteiger partial charge in [-0.05, 0) is 17.7 Å². The van der Waals surface area contributed by atoms with Gasteiger partial charge in [-0.3, -0.25) is 14.5 Å². The van der Waals surface area contributed by atoms with Crippen LogP contribution in [0.4, 0.5) is 13.2 Å². The fourth-order valence-corrected chi connectivity index (χ4v) is 3.22. The number of amides is 1. The van der Waals surface area contributed by atoms with Crippen molar-refractivity contribution in [3.05, 3.63) is 40.3 Å². The van der Waals surface area contributed by atoms with E-state index >= 15 is 0 Å². The Bertz CT molecular complexity index is 701. The van der Waals surface area contributed by atoms with Crippen molar-refractivity contribution in [3.8, 4) is 0 Å².